The van der Waals surface area contributed by atoms with E-state index in [1.54, 1.807) is 0 Å². The van der Waals surface area contributed by atoms with Crippen LogP contribution >= 0.6 is 0 Å². The molecule has 16 valence electrons. The van der Waals surface area contributed by atoms with E-state index in [4.69, 9.17) is 0 Å². The van der Waals surface area contributed by atoms with Crippen LogP contribution in [0.1, 0.15) is 0 Å². The van der Waals surface area contributed by atoms with Crippen LogP contribution in [0.4, 0.5) is 0 Å². The van der Waals surface area contributed by atoms with Crippen LogP contribution in [0.15, 0.2) is 0 Å². The number of rotatable bonds is 0. The predicted molar refractivity (Wildman–Crippen MR) is 57.2 cm³/mol. The molecule has 0 saturated carbocycles. The van der Waals surface area contributed by atoms with Crippen LogP contribution in [-0.4, -0.2) is 523 Å². The minimum atomic E-state index is 0. The van der Waals surface area contributed by atoms with E-state index in [0.717, 1.165) is 0 Å². The monoisotopic (exact) mass is 929 g/mol. The van der Waals surface area contributed by atoms with Gasteiger partial charge in [-0.2, -0.15) is 0 Å². The summed E-state index contributed by atoms with van der Waals surface area (Å²) < 4.78 is 0. The van der Waals surface area contributed by atoms with Crippen LogP contribution in [0, 0.1) is 0 Å². The zero-order valence-corrected chi connectivity index (χ0v) is 0. The molecule has 0 nitrogen and oxygen atoms in total. The van der Waals surface area contributed by atoms with Gasteiger partial charge in [0.25, 0.3) is 0 Å². The molecule has 0 bridgehead atoms. The molecule has 0 radical (unpaired) electrons. The van der Waals surface area contributed by atoms with Crippen LogP contribution in [0.5, 0.6) is 0 Å². The third-order valence-electron chi connectivity index (χ3n) is 0. The summed E-state index contributed by atoms with van der Waals surface area (Å²) in [6.07, 6.45) is 0. The molecule has 0 amide bonds. The first kappa shape index (κ1) is 49.6. The van der Waals surface area contributed by atoms with E-state index in [9.17, 15) is 0 Å². The Balaban J connectivity index is 0. The van der Waals surface area contributed by atoms with E-state index < -0.39 is 0 Å². The first-order valence-corrected chi connectivity index (χ1v) is 0. The Morgan fingerprint density at radius 1 is 0.375 bits per heavy atom. The molecular weight excluding hydrogens is 922 g/mol. The summed E-state index contributed by atoms with van der Waals surface area (Å²) in [7, 11) is 0. The quantitative estimate of drug-likeness (QED) is 0.214. The molecule has 0 unspecified atom stereocenters. The molecule has 0 spiro atoms. The summed E-state index contributed by atoms with van der Waals surface area (Å²) in [5.74, 6) is 0. The van der Waals surface area contributed by atoms with Crippen LogP contribution in [0.3, 0.4) is 0 Å². The Morgan fingerprint density at radius 3 is 0.375 bits per heavy atom. The first-order chi connectivity index (χ1) is 0. The van der Waals surface area contributed by atoms with Crippen LogP contribution in [0.25, 0.3) is 0 Å². The summed E-state index contributed by atoms with van der Waals surface area (Å²) in [5.41, 5.74) is 0. The van der Waals surface area contributed by atoms with Gasteiger partial charge in [0.05, 0.1) is 0 Å². The first-order valence-electron chi connectivity index (χ1n) is 0. The minimum absolute atomic E-state index is 0. The van der Waals surface area contributed by atoms with Gasteiger partial charge in [0.15, 0.2) is 0 Å². The molecule has 0 fully saturated rings. The standard InChI is InChI=1S/6Cs.K.Rb.8H. The molecule has 0 aromatic carbocycles. The summed E-state index contributed by atoms with van der Waals surface area (Å²) in [4.78, 5) is 0. The Hall–Kier alpha value is 15.8. The second-order valence-electron chi connectivity index (χ2n) is 0. The molecule has 0 rings (SSSR count). The van der Waals surface area contributed by atoms with Crippen LogP contribution < -0.4 is 0 Å². The van der Waals surface area contributed by atoms with Crippen molar-refractivity contribution < 1.29 is 0 Å². The molecule has 0 aromatic heterocycles. The second kappa shape index (κ2) is 43.4. The van der Waals surface area contributed by atoms with E-state index >= 15 is 0 Å². The molecule has 0 N–H and O–H groups in total. The van der Waals surface area contributed by atoms with Gasteiger partial charge in [-0.1, -0.05) is 0 Å². The fourth-order valence-corrected chi connectivity index (χ4v) is 0. The summed E-state index contributed by atoms with van der Waals surface area (Å²) >= 11 is 0. The average molecular weight is 930 g/mol. The van der Waals surface area contributed by atoms with Crippen molar-refractivity contribution in [2.75, 3.05) is 0 Å². The van der Waals surface area contributed by atoms with Gasteiger partial charge in [0.2, 0.25) is 0 Å². The van der Waals surface area contributed by atoms with Gasteiger partial charge in [0, 0.05) is 0 Å². The van der Waals surface area contributed by atoms with Crippen molar-refractivity contribution in [3.8, 4) is 0 Å². The predicted octanol–water partition coefficient (Wildman–Crippen LogP) is -5.19. The molecule has 0 saturated heterocycles. The Kier molecular flexibility index (Phi) is 269. The molecular formula is H8Cs6KRb. The summed E-state index contributed by atoms with van der Waals surface area (Å²) in [6.45, 7) is 0. The summed E-state index contributed by atoms with van der Waals surface area (Å²) in [5, 5.41) is 0. The Labute approximate surface area is 497 Å². The van der Waals surface area contributed by atoms with Crippen molar-refractivity contribution in [2.45, 2.75) is 0 Å². The molecule has 8 heavy (non-hydrogen) atoms. The van der Waals surface area contributed by atoms with Crippen molar-refractivity contribution in [1.29, 1.82) is 0 Å². The van der Waals surface area contributed by atoms with Gasteiger partial charge in [-0.25, -0.2) is 0 Å². The van der Waals surface area contributed by atoms with Gasteiger partial charge in [-0.15, -0.1) is 0 Å². The normalized spacial score (nSPS) is 0. The molecule has 8 heteroatoms. The average Bonchev–Trinajstić information content (AvgIpc) is 0. The number of hydrogen-bond acceptors (Lipinski definition) is 0. The zero-order valence-electron chi connectivity index (χ0n) is 0. The van der Waals surface area contributed by atoms with Crippen LogP contribution in [0.2, 0.25) is 0 Å². The Morgan fingerprint density at radius 2 is 0.375 bits per heavy atom. The fraction of sp³-hybridized carbons (Fsp3) is 0. The molecule has 0 aromatic rings. The van der Waals surface area contributed by atoms with E-state index in [1.165, 1.54) is 0 Å². The molecule has 0 aliphatic rings. The second-order valence-corrected chi connectivity index (χ2v) is 0. The maximum atomic E-state index is 0. The summed E-state index contributed by atoms with van der Waals surface area (Å²) in [6, 6.07) is 0. The van der Waals surface area contributed by atoms with E-state index in [1.807, 2.05) is 0 Å². The Bertz CT molecular complexity index is 8.49. The van der Waals surface area contributed by atoms with Gasteiger partial charge in [-0.3, -0.25) is 0 Å². The SMILES string of the molecule is [CsH].[CsH].[CsH].[CsH].[CsH].[CsH].[KH].[RbH]. The molecule has 0 atom stereocenters. The topological polar surface area (TPSA) is 0 Å². The third-order valence-corrected chi connectivity index (χ3v) is 0. The zero-order chi connectivity index (χ0) is 0. The molecule has 0 aliphatic heterocycles. The van der Waals surface area contributed by atoms with Crippen molar-refractivity contribution in [1.82, 2.24) is 0 Å². The maximum absolute atomic E-state index is 0. The van der Waals surface area contributed by atoms with E-state index in [2.05, 4.69) is 0 Å². The van der Waals surface area contributed by atoms with Crippen LogP contribution in [-0.2, 0) is 0 Å². The number of hydrogen-bond donors (Lipinski definition) is 0. The van der Waals surface area contributed by atoms with E-state index in [0.29, 0.717) is 0 Å². The van der Waals surface area contributed by atoms with Gasteiger partial charge < -0.3 is 0 Å². The van der Waals surface area contributed by atoms with Gasteiger partial charge in [0.1, 0.15) is 0 Å². The molecule has 0 aliphatic carbocycles. The van der Waals surface area contributed by atoms with Crippen molar-refractivity contribution in [3.05, 3.63) is 0 Å². The van der Waals surface area contributed by atoms with Gasteiger partial charge >= 0.3 is 523 Å². The molecule has 0 heterocycles. The van der Waals surface area contributed by atoms with E-state index in [-0.39, 0.29) is 523 Å². The third kappa shape index (κ3) is 37.8. The van der Waals surface area contributed by atoms with Crippen molar-refractivity contribution >= 4 is 523 Å². The van der Waals surface area contributed by atoms with Crippen molar-refractivity contribution in [3.63, 3.8) is 0 Å². The van der Waals surface area contributed by atoms with Gasteiger partial charge in [-0.05, 0) is 0 Å². The van der Waals surface area contributed by atoms with Crippen molar-refractivity contribution in [2.24, 2.45) is 0 Å². The fourth-order valence-electron chi connectivity index (χ4n) is 0.